The number of primary amides is 1. The van der Waals surface area contributed by atoms with Crippen molar-refractivity contribution in [2.45, 2.75) is 81.5 Å². The first-order valence-electron chi connectivity index (χ1n) is 17.1. The lowest BCUT2D eigenvalue weighted by Gasteiger charge is -2.50. The largest absolute Gasteiger partial charge is 0.510 e. The molecule has 0 bridgehead atoms. The Bertz CT molecular complexity index is 1850. The van der Waals surface area contributed by atoms with Crippen LogP contribution >= 0.6 is 0 Å². The van der Waals surface area contributed by atoms with E-state index in [2.05, 4.69) is 10.6 Å². The lowest BCUT2D eigenvalue weighted by atomic mass is 9.58. The van der Waals surface area contributed by atoms with E-state index < -0.39 is 117 Å². The van der Waals surface area contributed by atoms with Gasteiger partial charge in [0.25, 0.3) is 5.91 Å². The van der Waals surface area contributed by atoms with Crippen LogP contribution in [0.1, 0.15) is 43.1 Å². The summed E-state index contributed by atoms with van der Waals surface area (Å²) in [7, 11) is 6.32. The summed E-state index contributed by atoms with van der Waals surface area (Å²) in [4.78, 5) is 69.3. The number of Topliss-reactive ketones (excluding diaryl/α,β-unsaturated/α-hetero) is 2. The summed E-state index contributed by atoms with van der Waals surface area (Å²) in [5.41, 5.74) is 0.748. The molecule has 1 fully saturated rings. The monoisotopic (exact) mass is 761 g/mol. The van der Waals surface area contributed by atoms with Crippen molar-refractivity contribution >= 4 is 40.7 Å². The fourth-order valence-corrected chi connectivity index (χ4v) is 7.71. The number of carboxylic acids is 1. The molecule has 296 valence electrons. The van der Waals surface area contributed by atoms with E-state index >= 15 is 0 Å². The quantitative estimate of drug-likeness (QED) is 0.123. The number of ketones is 2. The molecule has 5 rings (SSSR count). The number of carbonyl (C=O) groups is 5. The summed E-state index contributed by atoms with van der Waals surface area (Å²) in [5.74, 6) is -10.6. The van der Waals surface area contributed by atoms with Gasteiger partial charge in [-0.25, -0.2) is 4.79 Å². The van der Waals surface area contributed by atoms with Gasteiger partial charge < -0.3 is 66.5 Å². The van der Waals surface area contributed by atoms with Crippen LogP contribution < -0.4 is 26.0 Å². The van der Waals surface area contributed by atoms with E-state index in [1.165, 1.54) is 25.1 Å². The Morgan fingerprint density at radius 3 is 2.22 bits per heavy atom. The number of nitrogens with zero attached hydrogens (tertiary/aromatic N) is 2. The lowest BCUT2D eigenvalue weighted by molar-refractivity contribution is -0.271. The normalized spacial score (nSPS) is 31.1. The van der Waals surface area contributed by atoms with E-state index in [0.29, 0.717) is 5.69 Å². The second kappa shape index (κ2) is 14.2. The third-order valence-electron chi connectivity index (χ3n) is 10.3. The van der Waals surface area contributed by atoms with Gasteiger partial charge in [0.05, 0.1) is 23.8 Å². The molecule has 0 radical (unpaired) electrons. The van der Waals surface area contributed by atoms with E-state index in [9.17, 15) is 59.7 Å². The van der Waals surface area contributed by atoms with E-state index in [4.69, 9.17) is 15.2 Å². The van der Waals surface area contributed by atoms with Gasteiger partial charge in [-0.05, 0) is 65.3 Å². The molecule has 11 N–H and O–H groups in total. The van der Waals surface area contributed by atoms with Crippen LogP contribution in [0.5, 0.6) is 5.75 Å². The summed E-state index contributed by atoms with van der Waals surface area (Å²) >= 11 is 0. The van der Waals surface area contributed by atoms with Crippen molar-refractivity contribution in [3.63, 3.8) is 0 Å². The molecule has 1 aromatic carbocycles. The number of benzene rings is 1. The number of hydrogen-bond acceptors (Lipinski definition) is 16. The molecule has 19 heteroatoms. The molecule has 4 aliphatic rings. The number of allylic oxidation sites excluding steroid dienone is 1. The maximum atomic E-state index is 14.9. The zero-order valence-corrected chi connectivity index (χ0v) is 30.8. The number of carbonyl (C=O) groups excluding carboxylic acids is 4. The first-order chi connectivity index (χ1) is 24.9. The van der Waals surface area contributed by atoms with Gasteiger partial charge in [0.1, 0.15) is 35.4 Å². The van der Waals surface area contributed by atoms with E-state index in [0.717, 1.165) is 0 Å². The van der Waals surface area contributed by atoms with Gasteiger partial charge in [0.2, 0.25) is 18.0 Å². The standard InChI is InChI=1S/C35H47N5O14/c1-34(2,3)37-11-17(41)38-15-10-16(39(4)5)13-8-12-9-14-21(40(6)7)23(43)20(31(36)49)30(48)35(14,52)29(47)18(12)22(42)19(13)27(15)53-33-26(46)24(44)25(45)28(54-33)32(50)51/h10,12,14,21,24-26,28,33,37,43-47,52H,8-9,11H2,1-7H3,(H2,36,49)(H,38,41)(H,50,51)/t12-,14-,21+,24-,25-,26+,28-,33+,35-/m0/s1. The third-order valence-corrected chi connectivity index (χ3v) is 10.3. The van der Waals surface area contributed by atoms with Crippen LogP contribution in [-0.2, 0) is 30.3 Å². The first-order valence-corrected chi connectivity index (χ1v) is 17.1. The predicted molar refractivity (Wildman–Crippen MR) is 188 cm³/mol. The molecular weight excluding hydrogens is 714 g/mol. The Labute approximate surface area is 309 Å². The maximum absolute atomic E-state index is 14.9. The predicted octanol–water partition coefficient (Wildman–Crippen LogP) is -1.92. The summed E-state index contributed by atoms with van der Waals surface area (Å²) < 4.78 is 11.4. The van der Waals surface area contributed by atoms with Gasteiger partial charge in [0, 0.05) is 36.8 Å². The molecule has 1 aromatic rings. The summed E-state index contributed by atoms with van der Waals surface area (Å²) in [6.07, 6.45) is -10.6. The van der Waals surface area contributed by atoms with Crippen molar-refractivity contribution in [3.05, 3.63) is 39.9 Å². The highest BCUT2D eigenvalue weighted by Crippen LogP contribution is 2.54. The van der Waals surface area contributed by atoms with Crippen LogP contribution in [0.3, 0.4) is 0 Å². The van der Waals surface area contributed by atoms with Crippen molar-refractivity contribution in [2.24, 2.45) is 17.6 Å². The molecule has 19 nitrogen and oxygen atoms in total. The second-order valence-corrected chi connectivity index (χ2v) is 15.5. The van der Waals surface area contributed by atoms with Gasteiger partial charge in [-0.15, -0.1) is 0 Å². The number of carboxylic acid groups (broad SMARTS) is 1. The summed E-state index contributed by atoms with van der Waals surface area (Å²) in [6.45, 7) is 5.21. The van der Waals surface area contributed by atoms with E-state index in [1.54, 1.807) is 19.0 Å². The molecule has 0 spiro atoms. The second-order valence-electron chi connectivity index (χ2n) is 15.5. The Hall–Kier alpha value is -4.63. The third kappa shape index (κ3) is 6.69. The number of nitrogens with one attached hydrogen (secondary N) is 2. The number of ether oxygens (including phenoxy) is 2. The minimum Gasteiger partial charge on any atom is -0.510 e. The molecule has 54 heavy (non-hydrogen) atoms. The summed E-state index contributed by atoms with van der Waals surface area (Å²) in [5, 5.41) is 82.0. The van der Waals surface area contributed by atoms with Crippen molar-refractivity contribution < 1.29 is 69.2 Å². The van der Waals surface area contributed by atoms with Crippen LogP contribution in [0.15, 0.2) is 28.7 Å². The first kappa shape index (κ1) is 40.6. The van der Waals surface area contributed by atoms with E-state index in [1.807, 2.05) is 20.8 Å². The highest BCUT2D eigenvalue weighted by atomic mass is 16.7. The van der Waals surface area contributed by atoms with Gasteiger partial charge >= 0.3 is 5.97 Å². The van der Waals surface area contributed by atoms with Crippen molar-refractivity contribution in [2.75, 3.05) is 45.0 Å². The zero-order chi connectivity index (χ0) is 40.5. The average molecular weight is 762 g/mol. The Balaban J connectivity index is 1.74. The fourth-order valence-electron chi connectivity index (χ4n) is 7.71. The molecule has 9 atom stereocenters. The van der Waals surface area contributed by atoms with Gasteiger partial charge in [-0.1, -0.05) is 0 Å². The van der Waals surface area contributed by atoms with Crippen LogP contribution in [0, 0.1) is 11.8 Å². The van der Waals surface area contributed by atoms with Crippen LogP contribution in [0.4, 0.5) is 11.4 Å². The average Bonchev–Trinajstić information content (AvgIpc) is 3.05. The number of aliphatic hydroxyl groups excluding tert-OH is 5. The Morgan fingerprint density at radius 2 is 1.69 bits per heavy atom. The Morgan fingerprint density at radius 1 is 1.06 bits per heavy atom. The molecule has 0 aromatic heterocycles. The number of nitrogens with two attached hydrogens (primary N) is 1. The lowest BCUT2D eigenvalue weighted by Crippen LogP contribution is -2.63. The molecule has 3 aliphatic carbocycles. The van der Waals surface area contributed by atoms with Crippen LogP contribution in [0.25, 0.3) is 0 Å². The van der Waals surface area contributed by atoms with Crippen LogP contribution in [-0.4, -0.2) is 153 Å². The Kier molecular flexibility index (Phi) is 10.7. The topological polar surface area (TPSA) is 302 Å². The van der Waals surface area contributed by atoms with Crippen molar-refractivity contribution in [1.29, 1.82) is 0 Å². The number of aliphatic hydroxyl groups is 6. The molecule has 1 aliphatic heterocycles. The van der Waals surface area contributed by atoms with Gasteiger partial charge in [-0.3, -0.25) is 24.1 Å². The van der Waals surface area contributed by atoms with Crippen molar-refractivity contribution in [3.8, 4) is 5.75 Å². The highest BCUT2D eigenvalue weighted by Gasteiger charge is 2.63. The molecule has 0 unspecified atom stereocenters. The van der Waals surface area contributed by atoms with Crippen LogP contribution in [0.2, 0.25) is 0 Å². The molecule has 1 heterocycles. The minimum atomic E-state index is -2.90. The number of anilines is 2. The molecule has 0 saturated carbocycles. The molecule has 1 saturated heterocycles. The number of amides is 2. The highest BCUT2D eigenvalue weighted by molar-refractivity contribution is 6.25. The van der Waals surface area contributed by atoms with E-state index in [-0.39, 0.29) is 36.2 Å². The number of hydrogen-bond donors (Lipinski definition) is 10. The number of aliphatic carboxylic acids is 1. The number of likely N-dealkylation sites (N-methyl/N-ethyl adjacent to an activating group) is 1. The summed E-state index contributed by atoms with van der Waals surface area (Å²) in [6, 6.07) is 0.260. The van der Waals surface area contributed by atoms with Crippen molar-refractivity contribution in [1.82, 2.24) is 10.2 Å². The minimum absolute atomic E-state index is 0.0641. The zero-order valence-electron chi connectivity index (χ0n) is 30.8. The van der Waals surface area contributed by atoms with Gasteiger partial charge in [0.15, 0.2) is 23.2 Å². The molecular formula is C35H47N5O14. The molecule has 2 amide bonds. The maximum Gasteiger partial charge on any atom is 0.335 e. The fraction of sp³-hybridized carbons (Fsp3) is 0.571. The number of rotatable bonds is 9. The van der Waals surface area contributed by atoms with Gasteiger partial charge in [-0.2, -0.15) is 0 Å². The SMILES string of the molecule is CN(C)c1cc(NC(=O)CNC(C)(C)C)c(O[C@@H]2O[C@H](C(=O)O)[C@@H](O)[C@H](O)[C@H]2O)c2c1C[C@H]1C[C@H]3[C@@H](N(C)C)C(O)=C(C(N)=O)C(=O)[C@@]3(O)C(O)=C1C2=O. The smallest absolute Gasteiger partial charge is 0.335 e. The number of fused-ring (bicyclic) bond motifs is 3.